The summed E-state index contributed by atoms with van der Waals surface area (Å²) in [6.07, 6.45) is 3.62. The average Bonchev–Trinajstić information content (AvgIpc) is 3.04. The molecule has 1 aromatic carbocycles. The zero-order valence-electron chi connectivity index (χ0n) is 12.5. The molecule has 0 fully saturated rings. The quantitative estimate of drug-likeness (QED) is 0.600. The number of furan rings is 1. The highest BCUT2D eigenvalue weighted by atomic mass is 79.9. The van der Waals surface area contributed by atoms with Crippen LogP contribution in [-0.2, 0) is 0 Å². The highest BCUT2D eigenvalue weighted by Gasteiger charge is 2.16. The molecule has 0 saturated carbocycles. The number of halogens is 1. The molecule has 3 nitrogen and oxygen atoms in total. The maximum Gasteiger partial charge on any atom is 0.161 e. The summed E-state index contributed by atoms with van der Waals surface area (Å²) in [5, 5.41) is 0. The van der Waals surface area contributed by atoms with Crippen LogP contribution in [0.1, 0.15) is 42.8 Å². The standard InChI is InChI=1S/C17H21BrO3/c1-3-9-19-14-8-7-13(12-16(14)20-10-4-2)17(18)15-6-5-11-21-15/h5-8,11-12,17H,3-4,9-10H2,1-2H3. The lowest BCUT2D eigenvalue weighted by Gasteiger charge is -2.15. The summed E-state index contributed by atoms with van der Waals surface area (Å²) in [7, 11) is 0. The lowest BCUT2D eigenvalue weighted by molar-refractivity contribution is 0.268. The van der Waals surface area contributed by atoms with Gasteiger partial charge < -0.3 is 13.9 Å². The van der Waals surface area contributed by atoms with E-state index in [0.29, 0.717) is 13.2 Å². The second kappa shape index (κ2) is 8.13. The number of hydrogen-bond donors (Lipinski definition) is 0. The van der Waals surface area contributed by atoms with E-state index in [4.69, 9.17) is 13.9 Å². The SMILES string of the molecule is CCCOc1ccc(C(Br)c2ccco2)cc1OCCC. The van der Waals surface area contributed by atoms with Gasteiger partial charge in [-0.25, -0.2) is 0 Å². The van der Waals surface area contributed by atoms with E-state index >= 15 is 0 Å². The van der Waals surface area contributed by atoms with Crippen molar-refractivity contribution in [3.05, 3.63) is 47.9 Å². The third-order valence-corrected chi connectivity index (χ3v) is 3.96. The molecule has 0 bridgehead atoms. The Bertz CT molecular complexity index is 537. The van der Waals surface area contributed by atoms with Gasteiger partial charge in [0.2, 0.25) is 0 Å². The smallest absolute Gasteiger partial charge is 0.161 e. The first kappa shape index (κ1) is 16.0. The molecule has 0 saturated heterocycles. The maximum atomic E-state index is 5.82. The van der Waals surface area contributed by atoms with Crippen LogP contribution in [0.3, 0.4) is 0 Å². The highest BCUT2D eigenvalue weighted by Crippen LogP contribution is 2.37. The van der Waals surface area contributed by atoms with Gasteiger partial charge in [-0.3, -0.25) is 0 Å². The van der Waals surface area contributed by atoms with Crippen molar-refractivity contribution in [3.63, 3.8) is 0 Å². The fourth-order valence-corrected chi connectivity index (χ4v) is 2.48. The molecule has 0 amide bonds. The van der Waals surface area contributed by atoms with E-state index in [0.717, 1.165) is 35.7 Å². The van der Waals surface area contributed by atoms with Crippen LogP contribution in [0.15, 0.2) is 41.0 Å². The van der Waals surface area contributed by atoms with E-state index in [1.165, 1.54) is 0 Å². The largest absolute Gasteiger partial charge is 0.490 e. The average molecular weight is 353 g/mol. The normalized spacial score (nSPS) is 12.1. The van der Waals surface area contributed by atoms with Crippen LogP contribution in [0.4, 0.5) is 0 Å². The van der Waals surface area contributed by atoms with E-state index in [9.17, 15) is 0 Å². The first-order chi connectivity index (χ1) is 10.3. The molecular formula is C17H21BrO3. The zero-order valence-corrected chi connectivity index (χ0v) is 14.1. The van der Waals surface area contributed by atoms with Crippen LogP contribution < -0.4 is 9.47 Å². The van der Waals surface area contributed by atoms with Crippen LogP contribution in [0.25, 0.3) is 0 Å². The Hall–Kier alpha value is -1.42. The topological polar surface area (TPSA) is 31.6 Å². The third kappa shape index (κ3) is 4.27. The maximum absolute atomic E-state index is 5.82. The molecule has 1 unspecified atom stereocenters. The predicted molar refractivity (Wildman–Crippen MR) is 87.5 cm³/mol. The number of alkyl halides is 1. The summed E-state index contributed by atoms with van der Waals surface area (Å²) in [5.41, 5.74) is 1.08. The molecular weight excluding hydrogens is 332 g/mol. The molecule has 2 aromatic rings. The van der Waals surface area contributed by atoms with Crippen molar-refractivity contribution in [1.29, 1.82) is 0 Å². The van der Waals surface area contributed by atoms with E-state index in [2.05, 4.69) is 29.8 Å². The third-order valence-electron chi connectivity index (χ3n) is 2.98. The van der Waals surface area contributed by atoms with Crippen LogP contribution in [0, 0.1) is 0 Å². The molecule has 1 heterocycles. The van der Waals surface area contributed by atoms with Crippen molar-refractivity contribution in [2.75, 3.05) is 13.2 Å². The van der Waals surface area contributed by atoms with Crippen molar-refractivity contribution < 1.29 is 13.9 Å². The first-order valence-electron chi connectivity index (χ1n) is 7.33. The molecule has 0 N–H and O–H groups in total. The zero-order chi connectivity index (χ0) is 15.1. The number of benzene rings is 1. The van der Waals surface area contributed by atoms with Crippen molar-refractivity contribution in [3.8, 4) is 11.5 Å². The summed E-state index contributed by atoms with van der Waals surface area (Å²) in [6.45, 7) is 5.55. The Kier molecular flexibility index (Phi) is 6.18. The minimum atomic E-state index is 0.0108. The Labute approximate surface area is 134 Å². The predicted octanol–water partition coefficient (Wildman–Crippen LogP) is 5.34. The number of hydrogen-bond acceptors (Lipinski definition) is 3. The van der Waals surface area contributed by atoms with Crippen molar-refractivity contribution in [2.45, 2.75) is 31.5 Å². The van der Waals surface area contributed by atoms with E-state index in [1.54, 1.807) is 6.26 Å². The minimum absolute atomic E-state index is 0.0108. The fraction of sp³-hybridized carbons (Fsp3) is 0.412. The Morgan fingerprint density at radius 2 is 1.76 bits per heavy atom. The van der Waals surface area contributed by atoms with Crippen molar-refractivity contribution in [1.82, 2.24) is 0 Å². The number of ether oxygens (including phenoxy) is 2. The van der Waals surface area contributed by atoms with Crippen molar-refractivity contribution in [2.24, 2.45) is 0 Å². The summed E-state index contributed by atoms with van der Waals surface area (Å²) in [5.74, 6) is 2.46. The van der Waals surface area contributed by atoms with E-state index in [-0.39, 0.29) is 4.83 Å². The first-order valence-corrected chi connectivity index (χ1v) is 8.24. The summed E-state index contributed by atoms with van der Waals surface area (Å²) in [4.78, 5) is 0.0108. The molecule has 1 aromatic heterocycles. The van der Waals surface area contributed by atoms with E-state index < -0.39 is 0 Å². The molecule has 21 heavy (non-hydrogen) atoms. The van der Waals surface area contributed by atoms with Crippen molar-refractivity contribution >= 4 is 15.9 Å². The van der Waals surface area contributed by atoms with Gasteiger partial charge in [0.1, 0.15) is 5.76 Å². The Balaban J connectivity index is 2.22. The van der Waals surface area contributed by atoms with Crippen LogP contribution >= 0.6 is 15.9 Å². The molecule has 4 heteroatoms. The minimum Gasteiger partial charge on any atom is -0.490 e. The molecule has 114 valence electrons. The molecule has 0 aliphatic rings. The lowest BCUT2D eigenvalue weighted by Crippen LogP contribution is -2.02. The van der Waals surface area contributed by atoms with E-state index in [1.807, 2.05) is 30.3 Å². The van der Waals surface area contributed by atoms with Gasteiger partial charge in [0, 0.05) is 0 Å². The molecule has 0 aliphatic heterocycles. The monoisotopic (exact) mass is 352 g/mol. The lowest BCUT2D eigenvalue weighted by atomic mass is 10.1. The second-order valence-electron chi connectivity index (χ2n) is 4.78. The van der Waals surface area contributed by atoms with Crippen LogP contribution in [-0.4, -0.2) is 13.2 Å². The van der Waals surface area contributed by atoms with Gasteiger partial charge in [0.15, 0.2) is 11.5 Å². The molecule has 0 spiro atoms. The van der Waals surface area contributed by atoms with Gasteiger partial charge in [0.25, 0.3) is 0 Å². The highest BCUT2D eigenvalue weighted by molar-refractivity contribution is 9.09. The molecule has 2 rings (SSSR count). The summed E-state index contributed by atoms with van der Waals surface area (Å²) < 4.78 is 17.0. The van der Waals surface area contributed by atoms with Gasteiger partial charge in [-0.05, 0) is 42.7 Å². The molecule has 1 atom stereocenters. The molecule has 0 radical (unpaired) electrons. The summed E-state index contributed by atoms with van der Waals surface area (Å²) >= 11 is 3.66. The van der Waals surface area contributed by atoms with Gasteiger partial charge in [-0.1, -0.05) is 35.8 Å². The van der Waals surface area contributed by atoms with Crippen LogP contribution in [0.5, 0.6) is 11.5 Å². The summed E-state index contributed by atoms with van der Waals surface area (Å²) in [6, 6.07) is 9.85. The number of rotatable bonds is 8. The Morgan fingerprint density at radius 3 is 2.38 bits per heavy atom. The fourth-order valence-electron chi connectivity index (χ4n) is 1.94. The van der Waals surface area contributed by atoms with Gasteiger partial charge in [0.05, 0.1) is 24.3 Å². The van der Waals surface area contributed by atoms with Gasteiger partial charge in [-0.2, -0.15) is 0 Å². The van der Waals surface area contributed by atoms with Crippen LogP contribution in [0.2, 0.25) is 0 Å². The Morgan fingerprint density at radius 1 is 1.05 bits per heavy atom. The van der Waals surface area contributed by atoms with Gasteiger partial charge >= 0.3 is 0 Å². The van der Waals surface area contributed by atoms with Gasteiger partial charge in [-0.15, -0.1) is 0 Å². The second-order valence-corrected chi connectivity index (χ2v) is 5.70. The molecule has 0 aliphatic carbocycles.